The van der Waals surface area contributed by atoms with Crippen LogP contribution in [0.15, 0.2) is 10.5 Å². The largest absolute Gasteiger partial charge is 0.506 e. The molecule has 0 saturated heterocycles. The van der Waals surface area contributed by atoms with Crippen molar-refractivity contribution in [3.63, 3.8) is 0 Å². The van der Waals surface area contributed by atoms with Gasteiger partial charge < -0.3 is 5.11 Å². The third kappa shape index (κ3) is 2.65. The predicted molar refractivity (Wildman–Crippen MR) is 65.1 cm³/mol. The maximum Gasteiger partial charge on any atom is 0.168 e. The smallest absolute Gasteiger partial charge is 0.168 e. The molecular formula is C10H9BrCl2O2. The van der Waals surface area contributed by atoms with E-state index in [1.807, 2.05) is 6.92 Å². The Bertz CT molecular complexity index is 379. The minimum absolute atomic E-state index is 0.0953. The highest BCUT2D eigenvalue weighted by Gasteiger charge is 2.19. The zero-order valence-electron chi connectivity index (χ0n) is 7.98. The Balaban J connectivity index is 3.32. The van der Waals surface area contributed by atoms with Crippen LogP contribution in [0, 0.1) is 0 Å². The molecule has 0 bridgehead atoms. The van der Waals surface area contributed by atoms with E-state index in [-0.39, 0.29) is 27.1 Å². The van der Waals surface area contributed by atoms with Crippen molar-refractivity contribution in [3.05, 3.63) is 26.1 Å². The number of carbonyl (C=O) groups excluding carboxylic acids is 1. The van der Waals surface area contributed by atoms with Gasteiger partial charge in [-0.15, -0.1) is 0 Å². The fourth-order valence-electron chi connectivity index (χ4n) is 1.19. The minimum Gasteiger partial charge on any atom is -0.506 e. The van der Waals surface area contributed by atoms with Crippen LogP contribution in [0.25, 0.3) is 0 Å². The molecule has 0 amide bonds. The summed E-state index contributed by atoms with van der Waals surface area (Å²) in [6.07, 6.45) is 1.03. The first-order chi connectivity index (χ1) is 6.99. The molecule has 0 aliphatic heterocycles. The standard InChI is InChI=1S/C10H9BrCl2O2/c1-2-3-7(14)8-9(13)5(11)4-6(12)10(8)15/h4,15H,2-3H2,1H3. The van der Waals surface area contributed by atoms with Crippen LogP contribution in [0.3, 0.4) is 0 Å². The number of hydrogen-bond donors (Lipinski definition) is 1. The molecule has 82 valence electrons. The average Bonchev–Trinajstić information content (AvgIpc) is 2.16. The van der Waals surface area contributed by atoms with E-state index in [0.29, 0.717) is 17.3 Å². The predicted octanol–water partition coefficient (Wildman–Crippen LogP) is 4.44. The molecule has 0 saturated carbocycles. The molecule has 0 fully saturated rings. The fraction of sp³-hybridized carbons (Fsp3) is 0.300. The highest BCUT2D eigenvalue weighted by atomic mass is 79.9. The molecule has 0 atom stereocenters. The Morgan fingerprint density at radius 1 is 1.53 bits per heavy atom. The van der Waals surface area contributed by atoms with E-state index < -0.39 is 0 Å². The first-order valence-corrected chi connectivity index (χ1v) is 5.93. The molecule has 1 N–H and O–H groups in total. The quantitative estimate of drug-likeness (QED) is 0.661. The lowest BCUT2D eigenvalue weighted by atomic mass is 10.1. The van der Waals surface area contributed by atoms with E-state index in [4.69, 9.17) is 23.2 Å². The van der Waals surface area contributed by atoms with E-state index in [9.17, 15) is 9.90 Å². The summed E-state index contributed by atoms with van der Waals surface area (Å²) in [4.78, 5) is 11.7. The molecule has 0 aliphatic rings. The van der Waals surface area contributed by atoms with Gasteiger partial charge in [0.05, 0.1) is 15.6 Å². The Morgan fingerprint density at radius 3 is 2.67 bits per heavy atom. The number of Topliss-reactive ketones (excluding diaryl/α,β-unsaturated/α-hetero) is 1. The van der Waals surface area contributed by atoms with Gasteiger partial charge >= 0.3 is 0 Å². The van der Waals surface area contributed by atoms with E-state index in [0.717, 1.165) is 0 Å². The number of benzene rings is 1. The van der Waals surface area contributed by atoms with Crippen molar-refractivity contribution in [2.75, 3.05) is 0 Å². The second-order valence-corrected chi connectivity index (χ2v) is 4.69. The zero-order valence-corrected chi connectivity index (χ0v) is 11.1. The Morgan fingerprint density at radius 2 is 2.13 bits per heavy atom. The van der Waals surface area contributed by atoms with Gasteiger partial charge in [-0.05, 0) is 28.4 Å². The Kier molecular flexibility index (Phi) is 4.44. The van der Waals surface area contributed by atoms with Gasteiger partial charge in [0.2, 0.25) is 0 Å². The van der Waals surface area contributed by atoms with Gasteiger partial charge in [0.15, 0.2) is 5.78 Å². The van der Waals surface area contributed by atoms with E-state index in [1.54, 1.807) is 0 Å². The third-order valence-electron chi connectivity index (χ3n) is 1.90. The maximum absolute atomic E-state index is 11.7. The number of phenols is 1. The van der Waals surface area contributed by atoms with E-state index >= 15 is 0 Å². The molecule has 0 heterocycles. The van der Waals surface area contributed by atoms with Crippen LogP contribution in [0.5, 0.6) is 5.75 Å². The molecule has 0 radical (unpaired) electrons. The zero-order chi connectivity index (χ0) is 11.6. The van der Waals surface area contributed by atoms with Crippen LogP contribution >= 0.6 is 39.1 Å². The van der Waals surface area contributed by atoms with Crippen LogP contribution in [-0.2, 0) is 0 Å². The normalized spacial score (nSPS) is 10.4. The molecule has 1 aromatic carbocycles. The summed E-state index contributed by atoms with van der Waals surface area (Å²) in [6, 6.07) is 1.46. The number of rotatable bonds is 3. The molecule has 1 aromatic rings. The van der Waals surface area contributed by atoms with Crippen LogP contribution in [0.1, 0.15) is 30.1 Å². The summed E-state index contributed by atoms with van der Waals surface area (Å²) < 4.78 is 0.506. The third-order valence-corrected chi connectivity index (χ3v) is 3.44. The van der Waals surface area contributed by atoms with E-state index in [1.165, 1.54) is 6.07 Å². The molecule has 15 heavy (non-hydrogen) atoms. The second kappa shape index (κ2) is 5.19. The SMILES string of the molecule is CCCC(=O)c1c(O)c(Cl)cc(Br)c1Cl. The topological polar surface area (TPSA) is 37.3 Å². The molecule has 2 nitrogen and oxygen atoms in total. The van der Waals surface area contributed by atoms with Gasteiger partial charge in [-0.25, -0.2) is 0 Å². The van der Waals surface area contributed by atoms with Crippen LogP contribution < -0.4 is 0 Å². The van der Waals surface area contributed by atoms with Crippen molar-refractivity contribution in [3.8, 4) is 5.75 Å². The highest BCUT2D eigenvalue weighted by molar-refractivity contribution is 9.10. The molecule has 0 aliphatic carbocycles. The van der Waals surface area contributed by atoms with Gasteiger partial charge in [0, 0.05) is 10.9 Å². The summed E-state index contributed by atoms with van der Waals surface area (Å²) in [5.74, 6) is -0.452. The van der Waals surface area contributed by atoms with E-state index in [2.05, 4.69) is 15.9 Å². The van der Waals surface area contributed by atoms with Gasteiger partial charge in [-0.1, -0.05) is 30.1 Å². The lowest BCUT2D eigenvalue weighted by Crippen LogP contribution is -2.00. The van der Waals surface area contributed by atoms with Crippen molar-refractivity contribution in [2.45, 2.75) is 19.8 Å². The Hall–Kier alpha value is -0.250. The van der Waals surface area contributed by atoms with Crippen molar-refractivity contribution in [1.82, 2.24) is 0 Å². The molecule has 0 spiro atoms. The van der Waals surface area contributed by atoms with Crippen LogP contribution in [0.4, 0.5) is 0 Å². The van der Waals surface area contributed by atoms with Crippen LogP contribution in [-0.4, -0.2) is 10.9 Å². The number of hydrogen-bond acceptors (Lipinski definition) is 2. The van der Waals surface area contributed by atoms with Gasteiger partial charge in [0.1, 0.15) is 5.75 Å². The van der Waals surface area contributed by atoms with Crippen molar-refractivity contribution in [2.24, 2.45) is 0 Å². The second-order valence-electron chi connectivity index (χ2n) is 3.05. The fourth-order valence-corrected chi connectivity index (χ4v) is 2.20. The summed E-state index contributed by atoms with van der Waals surface area (Å²) in [5, 5.41) is 9.96. The molecule has 1 rings (SSSR count). The maximum atomic E-state index is 11.7. The summed E-state index contributed by atoms with van der Waals surface area (Å²) in [7, 11) is 0. The number of phenolic OH excluding ortho intramolecular Hbond substituents is 1. The monoisotopic (exact) mass is 310 g/mol. The minimum atomic E-state index is -0.247. The number of ketones is 1. The summed E-state index contributed by atoms with van der Waals surface area (Å²) in [5.41, 5.74) is 0.0953. The van der Waals surface area contributed by atoms with Crippen molar-refractivity contribution >= 4 is 44.9 Å². The average molecular weight is 312 g/mol. The number of carbonyl (C=O) groups is 1. The van der Waals surface area contributed by atoms with Gasteiger partial charge in [0.25, 0.3) is 0 Å². The lowest BCUT2D eigenvalue weighted by Gasteiger charge is -2.08. The van der Waals surface area contributed by atoms with Crippen molar-refractivity contribution < 1.29 is 9.90 Å². The molecule has 0 aromatic heterocycles. The van der Waals surface area contributed by atoms with Gasteiger partial charge in [-0.3, -0.25) is 4.79 Å². The number of halogens is 3. The lowest BCUT2D eigenvalue weighted by molar-refractivity contribution is 0.0979. The highest BCUT2D eigenvalue weighted by Crippen LogP contribution is 2.39. The first-order valence-electron chi connectivity index (χ1n) is 4.38. The molecule has 5 heteroatoms. The summed E-state index contributed by atoms with van der Waals surface area (Å²) in [6.45, 7) is 1.88. The molecule has 0 unspecified atom stereocenters. The van der Waals surface area contributed by atoms with Crippen LogP contribution in [0.2, 0.25) is 10.0 Å². The number of aromatic hydroxyl groups is 1. The van der Waals surface area contributed by atoms with Gasteiger partial charge in [-0.2, -0.15) is 0 Å². The molecular weight excluding hydrogens is 303 g/mol. The van der Waals surface area contributed by atoms with Crippen molar-refractivity contribution in [1.29, 1.82) is 0 Å². The Labute approximate surface area is 106 Å². The summed E-state index contributed by atoms with van der Waals surface area (Å²) >= 11 is 14.8. The first kappa shape index (κ1) is 12.8.